The van der Waals surface area contributed by atoms with E-state index < -0.39 is 11.9 Å². The third kappa shape index (κ3) is 4.08. The van der Waals surface area contributed by atoms with Crippen molar-refractivity contribution >= 4 is 11.9 Å². The van der Waals surface area contributed by atoms with Crippen LogP contribution in [0.25, 0.3) is 11.1 Å². The first-order chi connectivity index (χ1) is 13.4. The van der Waals surface area contributed by atoms with E-state index in [4.69, 9.17) is 18.9 Å². The lowest BCUT2D eigenvalue weighted by Crippen LogP contribution is -2.16. The molecule has 0 spiro atoms. The number of aryl methyl sites for hydroxylation is 2. The van der Waals surface area contributed by atoms with E-state index in [1.165, 1.54) is 14.2 Å². The van der Waals surface area contributed by atoms with Crippen molar-refractivity contribution in [3.05, 3.63) is 40.7 Å². The van der Waals surface area contributed by atoms with Crippen LogP contribution in [-0.4, -0.2) is 44.4 Å². The fraction of sp³-hybridized carbons (Fsp3) is 0.381. The molecule has 7 nitrogen and oxygen atoms in total. The van der Waals surface area contributed by atoms with Crippen LogP contribution in [0.4, 0.5) is 0 Å². The number of carbonyl (C=O) groups is 2. The molecule has 28 heavy (non-hydrogen) atoms. The van der Waals surface area contributed by atoms with Crippen molar-refractivity contribution < 1.29 is 28.5 Å². The van der Waals surface area contributed by atoms with Gasteiger partial charge in [-0.25, -0.2) is 9.59 Å². The van der Waals surface area contributed by atoms with E-state index in [9.17, 15) is 9.59 Å². The second kappa shape index (κ2) is 9.21. The zero-order valence-electron chi connectivity index (χ0n) is 17.0. The van der Waals surface area contributed by atoms with E-state index in [1.807, 2.05) is 13.8 Å². The molecule has 1 aromatic carbocycles. The Bertz CT molecular complexity index is 851. The molecule has 0 unspecified atom stereocenters. The number of hydrogen-bond acceptors (Lipinski definition) is 7. The number of methoxy groups -OCH3 is 2. The first-order valence-corrected chi connectivity index (χ1v) is 8.97. The van der Waals surface area contributed by atoms with Gasteiger partial charge in [-0.15, -0.1) is 0 Å². The summed E-state index contributed by atoms with van der Waals surface area (Å²) in [6, 6.07) is 5.25. The number of pyridine rings is 1. The standard InChI is InChI=1S/C21H25NO6/c1-7-27-15-10-9-14(11-16(15)28-8-2)19-17(20(23)25-5)12(3)22-13(4)18(19)21(24)26-6/h9-11H,7-8H2,1-6H3. The highest BCUT2D eigenvalue weighted by atomic mass is 16.5. The Morgan fingerprint density at radius 2 is 1.36 bits per heavy atom. The first-order valence-electron chi connectivity index (χ1n) is 8.97. The molecule has 1 heterocycles. The zero-order valence-corrected chi connectivity index (χ0v) is 17.0. The number of nitrogens with zero attached hydrogens (tertiary/aromatic N) is 1. The van der Waals surface area contributed by atoms with Crippen LogP contribution in [-0.2, 0) is 9.47 Å². The SMILES string of the molecule is CCOc1ccc(-c2c(C(=O)OC)c(C)nc(C)c2C(=O)OC)cc1OCC. The predicted octanol–water partition coefficient (Wildman–Crippen LogP) is 3.74. The Labute approximate surface area is 164 Å². The van der Waals surface area contributed by atoms with Crippen molar-refractivity contribution in [1.29, 1.82) is 0 Å². The molecule has 0 saturated heterocycles. The Hall–Kier alpha value is -3.09. The van der Waals surface area contributed by atoms with Gasteiger partial charge in [-0.3, -0.25) is 4.98 Å². The third-order valence-corrected chi connectivity index (χ3v) is 4.17. The van der Waals surface area contributed by atoms with Gasteiger partial charge in [0.15, 0.2) is 11.5 Å². The van der Waals surface area contributed by atoms with Crippen molar-refractivity contribution in [3.63, 3.8) is 0 Å². The number of esters is 2. The minimum absolute atomic E-state index is 0.208. The molecule has 0 fully saturated rings. The number of benzene rings is 1. The first kappa shape index (κ1) is 21.2. The number of ether oxygens (including phenoxy) is 4. The lowest BCUT2D eigenvalue weighted by molar-refractivity contribution is 0.0599. The summed E-state index contributed by atoms with van der Waals surface area (Å²) in [5.74, 6) is -0.0792. The molecule has 150 valence electrons. The molecule has 2 rings (SSSR count). The summed E-state index contributed by atoms with van der Waals surface area (Å²) in [7, 11) is 2.57. The average molecular weight is 387 g/mol. The van der Waals surface area contributed by atoms with Crippen molar-refractivity contribution in [2.45, 2.75) is 27.7 Å². The highest BCUT2D eigenvalue weighted by Crippen LogP contribution is 2.37. The molecule has 0 N–H and O–H groups in total. The van der Waals surface area contributed by atoms with Crippen LogP contribution in [0.3, 0.4) is 0 Å². The van der Waals surface area contributed by atoms with Crippen LogP contribution in [0.15, 0.2) is 18.2 Å². The van der Waals surface area contributed by atoms with Crippen molar-refractivity contribution in [1.82, 2.24) is 4.98 Å². The second-order valence-electron chi connectivity index (χ2n) is 5.92. The lowest BCUT2D eigenvalue weighted by Gasteiger charge is -2.18. The normalized spacial score (nSPS) is 10.4. The summed E-state index contributed by atoms with van der Waals surface area (Å²) in [6.07, 6.45) is 0. The molecule has 0 bridgehead atoms. The number of aromatic nitrogens is 1. The van der Waals surface area contributed by atoms with Crippen LogP contribution < -0.4 is 9.47 Å². The van der Waals surface area contributed by atoms with E-state index >= 15 is 0 Å². The van der Waals surface area contributed by atoms with Gasteiger partial charge < -0.3 is 18.9 Å². The van der Waals surface area contributed by atoms with Gasteiger partial charge >= 0.3 is 11.9 Å². The van der Waals surface area contributed by atoms with Crippen LogP contribution in [0.1, 0.15) is 46.0 Å². The van der Waals surface area contributed by atoms with Gasteiger partial charge in [0, 0.05) is 5.56 Å². The molecular weight excluding hydrogens is 362 g/mol. The number of hydrogen-bond donors (Lipinski definition) is 0. The molecule has 1 aromatic heterocycles. The van der Waals surface area contributed by atoms with Crippen molar-refractivity contribution in [2.75, 3.05) is 27.4 Å². The zero-order chi connectivity index (χ0) is 20.8. The maximum atomic E-state index is 12.5. The molecule has 0 radical (unpaired) electrons. The summed E-state index contributed by atoms with van der Waals surface area (Å²) in [4.78, 5) is 29.4. The van der Waals surface area contributed by atoms with Crippen LogP contribution in [0, 0.1) is 13.8 Å². The Kier molecular flexibility index (Phi) is 6.98. The maximum Gasteiger partial charge on any atom is 0.340 e. The van der Waals surface area contributed by atoms with E-state index in [0.29, 0.717) is 47.2 Å². The average Bonchev–Trinajstić information content (AvgIpc) is 2.68. The molecular formula is C21H25NO6. The number of rotatable bonds is 7. The second-order valence-corrected chi connectivity index (χ2v) is 5.92. The summed E-state index contributed by atoms with van der Waals surface area (Å²) in [5.41, 5.74) is 2.33. The summed E-state index contributed by atoms with van der Waals surface area (Å²) in [6.45, 7) is 8.05. The Balaban J connectivity index is 2.87. The highest BCUT2D eigenvalue weighted by molar-refractivity contribution is 6.07. The molecule has 0 atom stereocenters. The molecule has 0 amide bonds. The minimum atomic E-state index is -0.586. The van der Waals surface area contributed by atoms with Crippen LogP contribution in [0.2, 0.25) is 0 Å². The van der Waals surface area contributed by atoms with E-state index in [2.05, 4.69) is 4.98 Å². The largest absolute Gasteiger partial charge is 0.490 e. The van der Waals surface area contributed by atoms with Crippen LogP contribution in [0.5, 0.6) is 11.5 Å². The van der Waals surface area contributed by atoms with Crippen LogP contribution >= 0.6 is 0 Å². The molecule has 0 saturated carbocycles. The van der Waals surface area contributed by atoms with Crippen molar-refractivity contribution in [3.8, 4) is 22.6 Å². The molecule has 7 heteroatoms. The number of carbonyl (C=O) groups excluding carboxylic acids is 2. The summed E-state index contributed by atoms with van der Waals surface area (Å²) < 4.78 is 21.2. The molecule has 0 aliphatic rings. The predicted molar refractivity (Wildman–Crippen MR) is 104 cm³/mol. The Morgan fingerprint density at radius 3 is 1.82 bits per heavy atom. The van der Waals surface area contributed by atoms with Gasteiger partial charge in [0.05, 0.1) is 49.9 Å². The fourth-order valence-electron chi connectivity index (χ4n) is 3.05. The topological polar surface area (TPSA) is 84.0 Å². The van der Waals surface area contributed by atoms with Gasteiger partial charge in [0.25, 0.3) is 0 Å². The van der Waals surface area contributed by atoms with Gasteiger partial charge in [-0.2, -0.15) is 0 Å². The summed E-state index contributed by atoms with van der Waals surface area (Å²) in [5, 5.41) is 0. The van der Waals surface area contributed by atoms with E-state index in [-0.39, 0.29) is 11.1 Å². The van der Waals surface area contributed by atoms with Gasteiger partial charge in [-0.1, -0.05) is 6.07 Å². The minimum Gasteiger partial charge on any atom is -0.490 e. The summed E-state index contributed by atoms with van der Waals surface area (Å²) >= 11 is 0. The van der Waals surface area contributed by atoms with Gasteiger partial charge in [0.2, 0.25) is 0 Å². The third-order valence-electron chi connectivity index (χ3n) is 4.17. The fourth-order valence-corrected chi connectivity index (χ4v) is 3.05. The smallest absolute Gasteiger partial charge is 0.340 e. The van der Waals surface area contributed by atoms with E-state index in [1.54, 1.807) is 32.0 Å². The quantitative estimate of drug-likeness (QED) is 0.669. The molecule has 0 aliphatic heterocycles. The highest BCUT2D eigenvalue weighted by Gasteiger charge is 2.27. The maximum absolute atomic E-state index is 12.5. The van der Waals surface area contributed by atoms with Gasteiger partial charge in [-0.05, 0) is 45.4 Å². The molecule has 0 aliphatic carbocycles. The monoisotopic (exact) mass is 387 g/mol. The molecule has 2 aromatic rings. The van der Waals surface area contributed by atoms with Gasteiger partial charge in [0.1, 0.15) is 0 Å². The lowest BCUT2D eigenvalue weighted by atomic mass is 9.92. The van der Waals surface area contributed by atoms with Crippen molar-refractivity contribution in [2.24, 2.45) is 0 Å². The Morgan fingerprint density at radius 1 is 0.857 bits per heavy atom. The van der Waals surface area contributed by atoms with E-state index in [0.717, 1.165) is 0 Å².